The van der Waals surface area contributed by atoms with Gasteiger partial charge in [0, 0.05) is 16.8 Å². The molecule has 0 aliphatic carbocycles. The van der Waals surface area contributed by atoms with Gasteiger partial charge in [-0.25, -0.2) is 0 Å². The quantitative estimate of drug-likeness (QED) is 0.173. The van der Waals surface area contributed by atoms with Gasteiger partial charge in [-0.3, -0.25) is 0 Å². The number of nitrogens with zero attached hydrogens (tertiary/aromatic N) is 1. The lowest BCUT2D eigenvalue weighted by Gasteiger charge is -2.28. The van der Waals surface area contributed by atoms with E-state index in [1.54, 1.807) is 0 Å². The minimum Gasteiger partial charge on any atom is -0.310 e. The van der Waals surface area contributed by atoms with Gasteiger partial charge in [-0.1, -0.05) is 121 Å². The summed E-state index contributed by atoms with van der Waals surface area (Å²) in [5.74, 6) is 0. The van der Waals surface area contributed by atoms with Crippen LogP contribution < -0.4 is 4.90 Å². The number of hydrogen-bond acceptors (Lipinski definition) is 1. The molecule has 0 radical (unpaired) electrons. The van der Waals surface area contributed by atoms with Crippen LogP contribution in [-0.2, 0) is 0 Å². The van der Waals surface area contributed by atoms with E-state index in [1.807, 2.05) is 6.07 Å². The molecule has 0 saturated carbocycles. The van der Waals surface area contributed by atoms with E-state index in [0.717, 1.165) is 11.4 Å². The molecule has 7 rings (SSSR count). The Morgan fingerprint density at radius 3 is 1.68 bits per heavy atom. The highest BCUT2D eigenvalue weighted by molar-refractivity contribution is 6.25. The highest BCUT2D eigenvalue weighted by atomic mass is 15.1. The molecule has 0 saturated heterocycles. The molecule has 0 aliphatic rings. The molecule has 38 heavy (non-hydrogen) atoms. The maximum absolute atomic E-state index is 2.38. The van der Waals surface area contributed by atoms with Gasteiger partial charge in [-0.15, -0.1) is 0 Å². The van der Waals surface area contributed by atoms with Crippen molar-refractivity contribution >= 4 is 61.5 Å². The van der Waals surface area contributed by atoms with Crippen LogP contribution in [-0.4, -0.2) is 0 Å². The molecule has 0 heterocycles. The molecule has 7 aromatic rings. The smallest absolute Gasteiger partial charge is 0.0540 e. The third-order valence-electron chi connectivity index (χ3n) is 7.46. The zero-order valence-electron chi connectivity index (χ0n) is 21.3. The lowest BCUT2D eigenvalue weighted by molar-refractivity contribution is 1.29. The average molecular weight is 486 g/mol. The van der Waals surface area contributed by atoms with Crippen LogP contribution in [0.3, 0.4) is 0 Å². The van der Waals surface area contributed by atoms with Crippen molar-refractivity contribution in [2.45, 2.75) is 6.92 Å². The lowest BCUT2D eigenvalue weighted by Crippen LogP contribution is -2.10. The zero-order chi connectivity index (χ0) is 25.5. The Bertz CT molecular complexity index is 1880. The van der Waals surface area contributed by atoms with Crippen molar-refractivity contribution in [3.8, 4) is 0 Å². The summed E-state index contributed by atoms with van der Waals surface area (Å²) in [6, 6.07) is 48.2. The molecule has 0 atom stereocenters. The molecule has 0 N–H and O–H groups in total. The molecule has 0 amide bonds. The highest BCUT2D eigenvalue weighted by Gasteiger charge is 2.18. The number of aryl methyl sites for hydroxylation is 1. The van der Waals surface area contributed by atoms with E-state index in [0.29, 0.717) is 0 Å². The summed E-state index contributed by atoms with van der Waals surface area (Å²) in [5.41, 5.74) is 7.11. The number of anilines is 3. The van der Waals surface area contributed by atoms with E-state index in [9.17, 15) is 0 Å². The lowest BCUT2D eigenvalue weighted by atomic mass is 9.93. The van der Waals surface area contributed by atoms with E-state index in [2.05, 4.69) is 151 Å². The zero-order valence-corrected chi connectivity index (χ0v) is 21.3. The predicted octanol–water partition coefficient (Wildman–Crippen LogP) is 10.5. The van der Waals surface area contributed by atoms with E-state index in [1.165, 1.54) is 54.7 Å². The third-order valence-corrected chi connectivity index (χ3v) is 7.46. The molecule has 0 fully saturated rings. The third kappa shape index (κ3) is 3.90. The summed E-state index contributed by atoms with van der Waals surface area (Å²) >= 11 is 0. The highest BCUT2D eigenvalue weighted by Crippen LogP contribution is 2.43. The van der Waals surface area contributed by atoms with Gasteiger partial charge < -0.3 is 4.90 Å². The van der Waals surface area contributed by atoms with Crippen molar-refractivity contribution in [1.29, 1.82) is 0 Å². The van der Waals surface area contributed by atoms with E-state index >= 15 is 0 Å². The SMILES string of the molecule is Cc1ccc(N(c2ccc(C=Cc3ccccc3)cc2)c2ccc3ccc4cccc5ccc2c3c45)cc1. The Morgan fingerprint density at radius 2 is 1.00 bits per heavy atom. The monoisotopic (exact) mass is 485 g/mol. The second kappa shape index (κ2) is 9.21. The molecule has 0 bridgehead atoms. The first kappa shape index (κ1) is 22.3. The van der Waals surface area contributed by atoms with E-state index in [4.69, 9.17) is 0 Å². The fraction of sp³-hybridized carbons (Fsp3) is 0.0270. The van der Waals surface area contributed by atoms with Gasteiger partial charge in [0.25, 0.3) is 0 Å². The van der Waals surface area contributed by atoms with Gasteiger partial charge >= 0.3 is 0 Å². The fourth-order valence-electron chi connectivity index (χ4n) is 5.53. The Balaban J connectivity index is 1.39. The molecule has 180 valence electrons. The molecule has 1 nitrogen and oxygen atoms in total. The Kier molecular flexibility index (Phi) is 5.41. The molecule has 0 unspecified atom stereocenters. The van der Waals surface area contributed by atoms with Gasteiger partial charge in [-0.05, 0) is 75.3 Å². The number of benzene rings is 7. The van der Waals surface area contributed by atoms with Crippen molar-refractivity contribution in [3.05, 3.63) is 150 Å². The summed E-state index contributed by atoms with van der Waals surface area (Å²) in [6.45, 7) is 2.14. The molecule has 0 aromatic heterocycles. The van der Waals surface area contributed by atoms with Gasteiger partial charge in [0.15, 0.2) is 0 Å². The number of hydrogen-bond donors (Lipinski definition) is 0. The van der Waals surface area contributed by atoms with Crippen LogP contribution in [0.15, 0.2) is 133 Å². The maximum Gasteiger partial charge on any atom is 0.0540 e. The van der Waals surface area contributed by atoms with Gasteiger partial charge in [0.1, 0.15) is 0 Å². The van der Waals surface area contributed by atoms with Crippen LogP contribution in [0, 0.1) is 6.92 Å². The van der Waals surface area contributed by atoms with Crippen molar-refractivity contribution < 1.29 is 0 Å². The first-order valence-electron chi connectivity index (χ1n) is 13.1. The van der Waals surface area contributed by atoms with Crippen LogP contribution in [0.2, 0.25) is 0 Å². The Labute approximate surface area is 223 Å². The molecule has 0 aliphatic heterocycles. The first-order valence-corrected chi connectivity index (χ1v) is 13.1. The van der Waals surface area contributed by atoms with E-state index < -0.39 is 0 Å². The van der Waals surface area contributed by atoms with Crippen LogP contribution in [0.25, 0.3) is 44.5 Å². The second-order valence-corrected chi connectivity index (χ2v) is 9.95. The maximum atomic E-state index is 2.38. The Morgan fingerprint density at radius 1 is 0.447 bits per heavy atom. The summed E-state index contributed by atoms with van der Waals surface area (Å²) in [7, 11) is 0. The topological polar surface area (TPSA) is 3.24 Å². The number of rotatable bonds is 5. The Hall–Kier alpha value is -4.88. The van der Waals surface area contributed by atoms with Gasteiger partial charge in [0.05, 0.1) is 5.69 Å². The van der Waals surface area contributed by atoms with Crippen LogP contribution in [0.5, 0.6) is 0 Å². The minimum atomic E-state index is 1.14. The summed E-state index contributed by atoms with van der Waals surface area (Å²) in [4.78, 5) is 2.38. The van der Waals surface area contributed by atoms with Crippen LogP contribution in [0.4, 0.5) is 17.1 Å². The first-order chi connectivity index (χ1) is 18.7. The predicted molar refractivity (Wildman–Crippen MR) is 165 cm³/mol. The normalized spacial score (nSPS) is 11.7. The van der Waals surface area contributed by atoms with Crippen LogP contribution >= 0.6 is 0 Å². The largest absolute Gasteiger partial charge is 0.310 e. The average Bonchev–Trinajstić information content (AvgIpc) is 2.98. The molecule has 0 spiro atoms. The fourth-order valence-corrected chi connectivity index (χ4v) is 5.53. The molecular formula is C37H27N. The van der Waals surface area contributed by atoms with E-state index in [-0.39, 0.29) is 0 Å². The van der Waals surface area contributed by atoms with Crippen molar-refractivity contribution in [3.63, 3.8) is 0 Å². The summed E-state index contributed by atoms with van der Waals surface area (Å²) in [6.07, 6.45) is 4.33. The molecule has 7 aromatic carbocycles. The minimum absolute atomic E-state index is 1.14. The summed E-state index contributed by atoms with van der Waals surface area (Å²) in [5, 5.41) is 7.79. The molecule has 1 heteroatoms. The van der Waals surface area contributed by atoms with Gasteiger partial charge in [-0.2, -0.15) is 0 Å². The van der Waals surface area contributed by atoms with Gasteiger partial charge in [0.2, 0.25) is 0 Å². The summed E-state index contributed by atoms with van der Waals surface area (Å²) < 4.78 is 0. The van der Waals surface area contributed by atoms with Crippen molar-refractivity contribution in [1.82, 2.24) is 0 Å². The van der Waals surface area contributed by atoms with Crippen molar-refractivity contribution in [2.75, 3.05) is 4.90 Å². The molecular weight excluding hydrogens is 458 g/mol. The van der Waals surface area contributed by atoms with Crippen molar-refractivity contribution in [2.24, 2.45) is 0 Å². The standard InChI is InChI=1S/C37H27N/c1-26-10-20-32(21-11-26)38(33-22-14-28(15-23-33)13-12-27-6-3-2-4-7-27)35-25-19-31-17-16-29-8-5-9-30-18-24-34(35)37(31)36(29)30/h2-25H,1H3. The van der Waals surface area contributed by atoms with Crippen LogP contribution in [0.1, 0.15) is 16.7 Å². The second-order valence-electron chi connectivity index (χ2n) is 9.95.